The Morgan fingerprint density at radius 2 is 2.14 bits per heavy atom. The third-order valence-corrected chi connectivity index (χ3v) is 4.17. The van der Waals surface area contributed by atoms with Crippen molar-refractivity contribution in [3.05, 3.63) is 35.1 Å². The zero-order chi connectivity index (χ0) is 15.3. The summed E-state index contributed by atoms with van der Waals surface area (Å²) < 4.78 is 18.4. The van der Waals surface area contributed by atoms with Crippen LogP contribution in [-0.2, 0) is 4.74 Å². The van der Waals surface area contributed by atoms with Gasteiger partial charge in [-0.25, -0.2) is 4.39 Å². The van der Waals surface area contributed by atoms with Gasteiger partial charge in [-0.2, -0.15) is 0 Å². The molecular weight excluding hydrogens is 271 g/mol. The molecule has 1 heterocycles. The maximum Gasteiger partial charge on any atom is 0.251 e. The van der Waals surface area contributed by atoms with Crippen LogP contribution >= 0.6 is 0 Å². The van der Waals surface area contributed by atoms with Crippen LogP contribution < -0.4 is 10.6 Å². The van der Waals surface area contributed by atoms with Crippen molar-refractivity contribution in [2.24, 2.45) is 5.41 Å². The van der Waals surface area contributed by atoms with E-state index in [0.717, 1.165) is 25.9 Å². The van der Waals surface area contributed by atoms with Gasteiger partial charge in [0.25, 0.3) is 5.91 Å². The lowest BCUT2D eigenvalue weighted by molar-refractivity contribution is 0.0511. The fourth-order valence-corrected chi connectivity index (χ4v) is 2.88. The van der Waals surface area contributed by atoms with Crippen LogP contribution in [0.2, 0.25) is 0 Å². The SMILES string of the molecule is COCC1(CNC(=O)c2ccc(F)cc2C)CCNCC1. The molecule has 21 heavy (non-hydrogen) atoms. The highest BCUT2D eigenvalue weighted by atomic mass is 19.1. The first kappa shape index (κ1) is 15.9. The number of halogens is 1. The van der Waals surface area contributed by atoms with E-state index in [1.54, 1.807) is 14.0 Å². The molecule has 5 heteroatoms. The first-order valence-corrected chi connectivity index (χ1v) is 7.30. The highest BCUT2D eigenvalue weighted by molar-refractivity contribution is 5.95. The number of benzene rings is 1. The lowest BCUT2D eigenvalue weighted by Crippen LogP contribution is -2.47. The van der Waals surface area contributed by atoms with Crippen molar-refractivity contribution >= 4 is 5.91 Å². The van der Waals surface area contributed by atoms with E-state index in [-0.39, 0.29) is 17.1 Å². The summed E-state index contributed by atoms with van der Waals surface area (Å²) in [7, 11) is 1.69. The fraction of sp³-hybridized carbons (Fsp3) is 0.562. The van der Waals surface area contributed by atoms with Crippen LogP contribution in [-0.4, -0.2) is 39.3 Å². The molecule has 4 nitrogen and oxygen atoms in total. The third kappa shape index (κ3) is 4.02. The largest absolute Gasteiger partial charge is 0.384 e. The highest BCUT2D eigenvalue weighted by Crippen LogP contribution is 2.28. The van der Waals surface area contributed by atoms with Crippen molar-refractivity contribution in [1.82, 2.24) is 10.6 Å². The molecule has 2 rings (SSSR count). The van der Waals surface area contributed by atoms with Gasteiger partial charge < -0.3 is 15.4 Å². The number of piperidine rings is 1. The number of carbonyl (C=O) groups excluding carboxylic acids is 1. The third-order valence-electron chi connectivity index (χ3n) is 4.17. The lowest BCUT2D eigenvalue weighted by atomic mass is 9.79. The van der Waals surface area contributed by atoms with Gasteiger partial charge >= 0.3 is 0 Å². The van der Waals surface area contributed by atoms with Gasteiger partial charge in [-0.15, -0.1) is 0 Å². The standard InChI is InChI=1S/C16H23FN2O2/c1-12-9-13(17)3-4-14(12)15(20)19-10-16(11-21-2)5-7-18-8-6-16/h3-4,9,18H,5-8,10-11H2,1-2H3,(H,19,20). The molecule has 0 bridgehead atoms. The number of ether oxygens (including phenoxy) is 1. The molecular formula is C16H23FN2O2. The van der Waals surface area contributed by atoms with E-state index >= 15 is 0 Å². The molecule has 0 unspecified atom stereocenters. The number of nitrogens with one attached hydrogen (secondary N) is 2. The molecule has 116 valence electrons. The Balaban J connectivity index is 2.01. The Kier molecular flexibility index (Phi) is 5.31. The van der Waals surface area contributed by atoms with Gasteiger partial charge in [0, 0.05) is 24.6 Å². The Labute approximate surface area is 125 Å². The topological polar surface area (TPSA) is 50.4 Å². The van der Waals surface area contributed by atoms with Gasteiger partial charge in [-0.1, -0.05) is 0 Å². The minimum atomic E-state index is -0.321. The Bertz CT molecular complexity index is 494. The summed E-state index contributed by atoms with van der Waals surface area (Å²) in [5.74, 6) is -0.472. The van der Waals surface area contributed by atoms with Gasteiger partial charge in [0.2, 0.25) is 0 Å². The van der Waals surface area contributed by atoms with Gasteiger partial charge in [0.1, 0.15) is 5.82 Å². The maximum absolute atomic E-state index is 13.1. The molecule has 0 atom stereocenters. The van der Waals surface area contributed by atoms with E-state index in [2.05, 4.69) is 10.6 Å². The molecule has 0 aromatic heterocycles. The van der Waals surface area contributed by atoms with Gasteiger partial charge in [-0.05, 0) is 56.6 Å². The van der Waals surface area contributed by atoms with Crippen molar-refractivity contribution in [2.75, 3.05) is 33.4 Å². The predicted octanol–water partition coefficient (Wildman–Crippen LogP) is 1.88. The molecule has 0 spiro atoms. The van der Waals surface area contributed by atoms with Crippen molar-refractivity contribution in [3.8, 4) is 0 Å². The van der Waals surface area contributed by atoms with E-state index < -0.39 is 0 Å². The van der Waals surface area contributed by atoms with Crippen LogP contribution in [0.5, 0.6) is 0 Å². The molecule has 1 fully saturated rings. The summed E-state index contributed by atoms with van der Waals surface area (Å²) in [6.45, 7) is 4.84. The van der Waals surface area contributed by atoms with E-state index in [1.165, 1.54) is 18.2 Å². The molecule has 1 aromatic carbocycles. The van der Waals surface area contributed by atoms with Gasteiger partial charge in [0.15, 0.2) is 0 Å². The smallest absolute Gasteiger partial charge is 0.251 e. The molecule has 1 saturated heterocycles. The van der Waals surface area contributed by atoms with Crippen LogP contribution in [0.25, 0.3) is 0 Å². The van der Waals surface area contributed by atoms with E-state index in [9.17, 15) is 9.18 Å². The maximum atomic E-state index is 13.1. The summed E-state index contributed by atoms with van der Waals surface area (Å²) in [6, 6.07) is 4.23. The molecule has 0 radical (unpaired) electrons. The number of aryl methyl sites for hydroxylation is 1. The zero-order valence-corrected chi connectivity index (χ0v) is 12.7. The van der Waals surface area contributed by atoms with Crippen LogP contribution in [0.3, 0.4) is 0 Å². The van der Waals surface area contributed by atoms with Crippen molar-refractivity contribution in [2.45, 2.75) is 19.8 Å². The summed E-state index contributed by atoms with van der Waals surface area (Å²) >= 11 is 0. The van der Waals surface area contributed by atoms with E-state index in [1.807, 2.05) is 0 Å². The number of amides is 1. The second-order valence-corrected chi connectivity index (χ2v) is 5.82. The molecule has 1 aliphatic heterocycles. The number of carbonyl (C=O) groups is 1. The zero-order valence-electron chi connectivity index (χ0n) is 12.7. The Hall–Kier alpha value is -1.46. The molecule has 0 saturated carbocycles. The first-order valence-electron chi connectivity index (χ1n) is 7.30. The summed E-state index contributed by atoms with van der Waals surface area (Å²) in [6.07, 6.45) is 1.95. The minimum Gasteiger partial charge on any atom is -0.384 e. The van der Waals surface area contributed by atoms with E-state index in [4.69, 9.17) is 4.74 Å². The number of methoxy groups -OCH3 is 1. The molecule has 1 aliphatic rings. The Morgan fingerprint density at radius 3 is 2.76 bits per heavy atom. The lowest BCUT2D eigenvalue weighted by Gasteiger charge is -2.37. The Morgan fingerprint density at radius 1 is 1.43 bits per heavy atom. The van der Waals surface area contributed by atoms with Crippen LogP contribution in [0, 0.1) is 18.2 Å². The van der Waals surface area contributed by atoms with Crippen molar-refractivity contribution in [3.63, 3.8) is 0 Å². The van der Waals surface area contributed by atoms with Crippen LogP contribution in [0.1, 0.15) is 28.8 Å². The monoisotopic (exact) mass is 294 g/mol. The number of rotatable bonds is 5. The summed E-state index contributed by atoms with van der Waals surface area (Å²) in [4.78, 5) is 12.3. The highest BCUT2D eigenvalue weighted by Gasteiger charge is 2.32. The first-order chi connectivity index (χ1) is 10.1. The van der Waals surface area contributed by atoms with Gasteiger partial charge in [0.05, 0.1) is 6.61 Å². The second-order valence-electron chi connectivity index (χ2n) is 5.82. The molecule has 2 N–H and O–H groups in total. The van der Waals surface area contributed by atoms with Crippen molar-refractivity contribution < 1.29 is 13.9 Å². The summed E-state index contributed by atoms with van der Waals surface area (Å²) in [5, 5.41) is 6.31. The second kappa shape index (κ2) is 7.00. The average Bonchev–Trinajstić information content (AvgIpc) is 2.46. The number of hydrogen-bond acceptors (Lipinski definition) is 3. The van der Waals surface area contributed by atoms with Crippen molar-refractivity contribution in [1.29, 1.82) is 0 Å². The summed E-state index contributed by atoms with van der Waals surface area (Å²) in [5.41, 5.74) is 1.17. The van der Waals surface area contributed by atoms with E-state index in [0.29, 0.717) is 24.3 Å². The quantitative estimate of drug-likeness (QED) is 0.872. The van der Waals surface area contributed by atoms with Gasteiger partial charge in [-0.3, -0.25) is 4.79 Å². The predicted molar refractivity (Wildman–Crippen MR) is 79.9 cm³/mol. The number of hydrogen-bond donors (Lipinski definition) is 2. The fourth-order valence-electron chi connectivity index (χ4n) is 2.88. The minimum absolute atomic E-state index is 0.0103. The molecule has 1 amide bonds. The van der Waals surface area contributed by atoms with Crippen LogP contribution in [0.4, 0.5) is 4.39 Å². The normalized spacial score (nSPS) is 17.5. The molecule has 0 aliphatic carbocycles. The average molecular weight is 294 g/mol. The van der Waals surface area contributed by atoms with Crippen LogP contribution in [0.15, 0.2) is 18.2 Å². The molecule has 1 aromatic rings.